The number of hydrazone groups is 1. The monoisotopic (exact) mass is 515 g/mol. The van der Waals surface area contributed by atoms with Crippen LogP contribution in [0.25, 0.3) is 11.1 Å². The number of hydrogen-bond acceptors (Lipinski definition) is 6. The molecule has 8 heteroatoms. The van der Waals surface area contributed by atoms with Crippen molar-refractivity contribution < 1.29 is 5.11 Å². The zero-order valence-electron chi connectivity index (χ0n) is 20.9. The molecule has 1 aromatic heterocycles. The van der Waals surface area contributed by atoms with Gasteiger partial charge in [-0.25, -0.2) is 4.98 Å². The van der Waals surface area contributed by atoms with Gasteiger partial charge in [0.25, 0.3) is 0 Å². The number of nitrogens with two attached hydrogens (primary N) is 1. The average Bonchev–Trinajstić information content (AvgIpc) is 2.83. The number of benzene rings is 1. The van der Waals surface area contributed by atoms with E-state index < -0.39 is 0 Å². The van der Waals surface area contributed by atoms with Crippen LogP contribution < -0.4 is 5.73 Å². The standard InChI is InChI=1S/C27H35Cl2N5O/c1-18(22-6-5-7-25(29)24(22)15-28)26(32-34(4)12-13-35)23-14-21(16-31-27(23)30)20-10-8-19(9-11-20)17-33(2)3/h5,7-11,14,16,18,22,35H,6,12-13,15,17H2,1-4H3,(H2,30,31)/b32-26+. The lowest BCUT2D eigenvalue weighted by Crippen LogP contribution is -2.29. The molecule has 2 atom stereocenters. The molecule has 0 bridgehead atoms. The molecule has 0 radical (unpaired) electrons. The lowest BCUT2D eigenvalue weighted by atomic mass is 9.78. The molecule has 1 aromatic carbocycles. The first-order valence-corrected chi connectivity index (χ1v) is 12.7. The van der Waals surface area contributed by atoms with Gasteiger partial charge in [-0.3, -0.25) is 5.01 Å². The number of nitrogen functional groups attached to an aromatic ring is 1. The fourth-order valence-electron chi connectivity index (χ4n) is 4.38. The van der Waals surface area contributed by atoms with Crippen LogP contribution in [0.4, 0.5) is 5.82 Å². The highest BCUT2D eigenvalue weighted by atomic mass is 35.5. The second-order valence-corrected chi connectivity index (χ2v) is 9.90. The van der Waals surface area contributed by atoms with Crippen LogP contribution >= 0.6 is 23.2 Å². The van der Waals surface area contributed by atoms with Crippen LogP contribution in [0.3, 0.4) is 0 Å². The Morgan fingerprint density at radius 3 is 2.57 bits per heavy atom. The summed E-state index contributed by atoms with van der Waals surface area (Å²) in [7, 11) is 5.95. The molecule has 1 aliphatic rings. The summed E-state index contributed by atoms with van der Waals surface area (Å²) < 4.78 is 0. The topological polar surface area (TPSA) is 78.0 Å². The van der Waals surface area contributed by atoms with Gasteiger partial charge in [-0.15, -0.1) is 11.6 Å². The molecule has 1 aliphatic carbocycles. The lowest BCUT2D eigenvalue weighted by Gasteiger charge is -2.30. The van der Waals surface area contributed by atoms with E-state index in [1.165, 1.54) is 5.56 Å². The second kappa shape index (κ2) is 12.5. The van der Waals surface area contributed by atoms with Gasteiger partial charge in [0.1, 0.15) is 5.82 Å². The minimum Gasteiger partial charge on any atom is -0.394 e. The highest BCUT2D eigenvalue weighted by molar-refractivity contribution is 6.32. The summed E-state index contributed by atoms with van der Waals surface area (Å²) in [4.78, 5) is 6.66. The number of halogens is 2. The summed E-state index contributed by atoms with van der Waals surface area (Å²) in [5.74, 6) is 0.810. The van der Waals surface area contributed by atoms with Gasteiger partial charge in [-0.1, -0.05) is 48.9 Å². The average molecular weight is 517 g/mol. The number of rotatable bonds is 10. The summed E-state index contributed by atoms with van der Waals surface area (Å²) in [6.07, 6.45) is 6.59. The zero-order valence-corrected chi connectivity index (χ0v) is 22.4. The first kappa shape index (κ1) is 27.2. The van der Waals surface area contributed by atoms with E-state index in [1.807, 2.05) is 13.1 Å². The Labute approximate surface area is 218 Å². The van der Waals surface area contributed by atoms with E-state index in [4.69, 9.17) is 34.0 Å². The molecule has 3 N–H and O–H groups in total. The van der Waals surface area contributed by atoms with Gasteiger partial charge in [-0.2, -0.15) is 5.10 Å². The van der Waals surface area contributed by atoms with Gasteiger partial charge in [0.2, 0.25) is 0 Å². The van der Waals surface area contributed by atoms with Crippen molar-refractivity contribution in [2.24, 2.45) is 16.9 Å². The molecule has 2 unspecified atom stereocenters. The predicted molar refractivity (Wildman–Crippen MR) is 148 cm³/mol. The van der Waals surface area contributed by atoms with Crippen molar-refractivity contribution in [2.75, 3.05) is 45.9 Å². The van der Waals surface area contributed by atoms with E-state index in [0.717, 1.165) is 40.9 Å². The van der Waals surface area contributed by atoms with Gasteiger partial charge in [0, 0.05) is 47.7 Å². The van der Waals surface area contributed by atoms with Crippen molar-refractivity contribution in [3.05, 3.63) is 70.4 Å². The summed E-state index contributed by atoms with van der Waals surface area (Å²) in [5.41, 5.74) is 12.2. The Morgan fingerprint density at radius 1 is 1.23 bits per heavy atom. The number of aliphatic hydroxyl groups excluding tert-OH is 1. The fourth-order valence-corrected chi connectivity index (χ4v) is 5.09. The number of hydrogen-bond donors (Lipinski definition) is 2. The first-order valence-electron chi connectivity index (χ1n) is 11.8. The van der Waals surface area contributed by atoms with Crippen molar-refractivity contribution in [1.82, 2.24) is 14.9 Å². The fraction of sp³-hybridized carbons (Fsp3) is 0.407. The summed E-state index contributed by atoms with van der Waals surface area (Å²) in [5, 5.41) is 16.7. The third-order valence-electron chi connectivity index (χ3n) is 6.27. The van der Waals surface area contributed by atoms with E-state index in [1.54, 1.807) is 11.2 Å². The van der Waals surface area contributed by atoms with E-state index in [9.17, 15) is 5.11 Å². The van der Waals surface area contributed by atoms with Crippen LogP contribution in [0.2, 0.25) is 0 Å². The normalized spacial score (nSPS) is 17.3. The summed E-state index contributed by atoms with van der Waals surface area (Å²) >= 11 is 12.8. The lowest BCUT2D eigenvalue weighted by molar-refractivity contribution is 0.225. The van der Waals surface area contributed by atoms with E-state index in [0.29, 0.717) is 23.3 Å². The Balaban J connectivity index is 2.04. The molecular weight excluding hydrogens is 481 g/mol. The quantitative estimate of drug-likeness (QED) is 0.265. The van der Waals surface area contributed by atoms with E-state index in [2.05, 4.69) is 67.3 Å². The summed E-state index contributed by atoms with van der Waals surface area (Å²) in [6.45, 7) is 3.40. The minimum atomic E-state index is -0.0367. The third kappa shape index (κ3) is 6.85. The number of nitrogens with zero attached hydrogens (tertiary/aromatic N) is 4. The maximum Gasteiger partial charge on any atom is 0.132 e. The van der Waals surface area contributed by atoms with Crippen molar-refractivity contribution >= 4 is 34.7 Å². The van der Waals surface area contributed by atoms with Crippen LogP contribution in [0.15, 0.2) is 64.4 Å². The molecule has 2 aromatic rings. The van der Waals surface area contributed by atoms with Crippen LogP contribution in [-0.2, 0) is 6.54 Å². The Morgan fingerprint density at radius 2 is 1.94 bits per heavy atom. The number of likely N-dealkylation sites (N-methyl/N-ethyl adjacent to an activating group) is 1. The van der Waals surface area contributed by atoms with Gasteiger partial charge < -0.3 is 15.7 Å². The molecule has 3 rings (SSSR count). The highest BCUT2D eigenvalue weighted by Crippen LogP contribution is 2.37. The molecule has 0 aliphatic heterocycles. The minimum absolute atomic E-state index is 0.000439. The van der Waals surface area contributed by atoms with Crippen molar-refractivity contribution in [3.8, 4) is 11.1 Å². The first-order chi connectivity index (χ1) is 16.7. The van der Waals surface area contributed by atoms with Crippen molar-refractivity contribution in [1.29, 1.82) is 0 Å². The van der Waals surface area contributed by atoms with Gasteiger partial charge in [-0.05, 0) is 55.3 Å². The number of aromatic nitrogens is 1. The van der Waals surface area contributed by atoms with E-state index in [-0.39, 0.29) is 18.4 Å². The van der Waals surface area contributed by atoms with Crippen LogP contribution in [0, 0.1) is 11.8 Å². The number of aliphatic hydroxyl groups is 1. The van der Waals surface area contributed by atoms with Crippen LogP contribution in [0.1, 0.15) is 24.5 Å². The van der Waals surface area contributed by atoms with Crippen LogP contribution in [0.5, 0.6) is 0 Å². The molecule has 188 valence electrons. The second-order valence-electron chi connectivity index (χ2n) is 9.22. The van der Waals surface area contributed by atoms with Crippen molar-refractivity contribution in [3.63, 3.8) is 0 Å². The Kier molecular flexibility index (Phi) is 9.75. The number of alkyl halides is 1. The molecule has 0 amide bonds. The molecule has 35 heavy (non-hydrogen) atoms. The van der Waals surface area contributed by atoms with Crippen LogP contribution in [-0.4, -0.2) is 65.9 Å². The molecular formula is C27H35Cl2N5O. The zero-order chi connectivity index (χ0) is 25.5. The molecule has 0 fully saturated rings. The maximum absolute atomic E-state index is 9.44. The molecule has 0 saturated heterocycles. The number of anilines is 1. The number of allylic oxidation sites excluding steroid dienone is 4. The molecule has 6 nitrogen and oxygen atoms in total. The number of pyridine rings is 1. The maximum atomic E-state index is 9.44. The predicted octanol–water partition coefficient (Wildman–Crippen LogP) is 4.96. The molecule has 0 saturated carbocycles. The Bertz CT molecular complexity index is 1100. The molecule has 0 spiro atoms. The summed E-state index contributed by atoms with van der Waals surface area (Å²) in [6, 6.07) is 10.5. The SMILES string of the molecule is CC(/C(=N\N(C)CCO)c1cc(-c2ccc(CN(C)C)cc2)cnc1N)C1CC=CC(Cl)=C1CCl. The van der Waals surface area contributed by atoms with Gasteiger partial charge >= 0.3 is 0 Å². The van der Waals surface area contributed by atoms with E-state index >= 15 is 0 Å². The molecule has 1 heterocycles. The highest BCUT2D eigenvalue weighted by Gasteiger charge is 2.30. The third-order valence-corrected chi connectivity index (χ3v) is 6.93. The largest absolute Gasteiger partial charge is 0.394 e. The van der Waals surface area contributed by atoms with Crippen molar-refractivity contribution in [2.45, 2.75) is 19.9 Å². The Hall–Kier alpha value is -2.38. The van der Waals surface area contributed by atoms with Gasteiger partial charge in [0.05, 0.1) is 18.9 Å². The van der Waals surface area contributed by atoms with Gasteiger partial charge in [0.15, 0.2) is 0 Å². The smallest absolute Gasteiger partial charge is 0.132 e.